The Morgan fingerprint density at radius 2 is 2.07 bits per heavy atom. The topological polar surface area (TPSA) is 55.1 Å². The largest absolute Gasteiger partial charge is 0.337 e. The Labute approximate surface area is 83.3 Å². The lowest BCUT2D eigenvalue weighted by molar-refractivity contribution is 0.0941. The number of amides is 1. The Morgan fingerprint density at radius 1 is 1.50 bits per heavy atom. The fraction of sp³-hybridized carbons (Fsp3) is 0.182. The van der Waals surface area contributed by atoms with Crippen LogP contribution in [0.25, 0.3) is 0 Å². The maximum absolute atomic E-state index is 11.4. The number of benzene rings is 1. The molecule has 0 spiro atoms. The highest BCUT2D eigenvalue weighted by Crippen LogP contribution is 2.02. The van der Waals surface area contributed by atoms with Gasteiger partial charge >= 0.3 is 0 Å². The number of rotatable bonds is 2. The average Bonchev–Trinajstić information content (AvgIpc) is 2.17. The molecule has 3 N–H and O–H groups in total. The summed E-state index contributed by atoms with van der Waals surface area (Å²) in [4.78, 5) is 11.4. The van der Waals surface area contributed by atoms with Crippen molar-refractivity contribution >= 4 is 5.91 Å². The summed E-state index contributed by atoms with van der Waals surface area (Å²) in [6.45, 7) is 1.69. The number of nitrogens with one attached hydrogen (secondary N) is 1. The van der Waals surface area contributed by atoms with Crippen molar-refractivity contribution in [3.8, 4) is 5.92 Å². The number of carbonyl (C=O) groups is 1. The molecule has 1 radical (unpaired) electrons. The summed E-state index contributed by atoms with van der Waals surface area (Å²) in [5.74, 6) is 2.02. The molecule has 1 atom stereocenters. The van der Waals surface area contributed by atoms with Crippen molar-refractivity contribution in [3.05, 3.63) is 41.8 Å². The van der Waals surface area contributed by atoms with E-state index in [0.717, 1.165) is 0 Å². The molecular weight excluding hydrogens is 176 g/mol. The molecule has 1 aromatic rings. The minimum atomic E-state index is -0.364. The van der Waals surface area contributed by atoms with Crippen LogP contribution in [0.4, 0.5) is 0 Å². The van der Waals surface area contributed by atoms with Gasteiger partial charge in [0, 0.05) is 11.1 Å². The molecule has 0 aliphatic rings. The van der Waals surface area contributed by atoms with Crippen LogP contribution in [0.15, 0.2) is 24.3 Å². The number of carbonyl (C=O) groups excluding carboxylic acids is 1. The minimum Gasteiger partial charge on any atom is -0.337 e. The molecule has 0 aliphatic carbocycles. The highest BCUT2D eigenvalue weighted by Gasteiger charge is 2.05. The van der Waals surface area contributed by atoms with Crippen molar-refractivity contribution in [3.63, 3.8) is 0 Å². The van der Waals surface area contributed by atoms with Gasteiger partial charge < -0.3 is 11.1 Å². The second-order valence-electron chi connectivity index (χ2n) is 2.96. The predicted octanol–water partition coefficient (Wildman–Crippen LogP) is 0.659. The second-order valence-corrected chi connectivity index (χ2v) is 2.96. The Bertz CT molecular complexity index is 360. The zero-order valence-corrected chi connectivity index (χ0v) is 7.87. The van der Waals surface area contributed by atoms with Gasteiger partial charge in [0.05, 0.1) is 6.17 Å². The van der Waals surface area contributed by atoms with Crippen molar-refractivity contribution in [2.24, 2.45) is 5.73 Å². The lowest BCUT2D eigenvalue weighted by Crippen LogP contribution is -2.38. The standard InChI is InChI=1S/C11H11N2O/c1-3-9-4-6-10(7-5-9)11(14)13-8(2)12/h4-8H,12H2,2H3,(H,13,14). The van der Waals surface area contributed by atoms with Crippen LogP contribution in [0, 0.1) is 12.3 Å². The molecule has 0 saturated heterocycles. The van der Waals surface area contributed by atoms with Gasteiger partial charge in [-0.25, -0.2) is 0 Å². The molecular formula is C11H11N2O. The Morgan fingerprint density at radius 3 is 2.50 bits per heavy atom. The van der Waals surface area contributed by atoms with Crippen molar-refractivity contribution in [1.82, 2.24) is 5.32 Å². The number of hydrogen-bond acceptors (Lipinski definition) is 2. The smallest absolute Gasteiger partial charge is 0.252 e. The van der Waals surface area contributed by atoms with Gasteiger partial charge in [-0.05, 0) is 37.6 Å². The van der Waals surface area contributed by atoms with E-state index in [4.69, 9.17) is 12.2 Å². The minimum absolute atomic E-state index is 0.212. The SMILES string of the molecule is [C]#Cc1ccc(C(=O)NC(C)N)cc1. The summed E-state index contributed by atoms with van der Waals surface area (Å²) < 4.78 is 0. The summed E-state index contributed by atoms with van der Waals surface area (Å²) in [5.41, 5.74) is 6.58. The summed E-state index contributed by atoms with van der Waals surface area (Å²) in [6.07, 6.45) is 6.50. The maximum atomic E-state index is 11.4. The van der Waals surface area contributed by atoms with Crippen molar-refractivity contribution in [1.29, 1.82) is 0 Å². The molecule has 0 bridgehead atoms. The molecule has 0 heterocycles. The fourth-order valence-corrected chi connectivity index (χ4v) is 0.995. The van der Waals surface area contributed by atoms with Crippen LogP contribution < -0.4 is 11.1 Å². The van der Waals surface area contributed by atoms with Gasteiger partial charge in [0.25, 0.3) is 5.91 Å². The first kappa shape index (κ1) is 10.3. The quantitative estimate of drug-likeness (QED) is 0.528. The zero-order chi connectivity index (χ0) is 10.6. The van der Waals surface area contributed by atoms with Crippen LogP contribution in [0.1, 0.15) is 22.8 Å². The maximum Gasteiger partial charge on any atom is 0.252 e. The Kier molecular flexibility index (Phi) is 3.27. The first-order chi connectivity index (χ1) is 6.63. The first-order valence-corrected chi connectivity index (χ1v) is 4.22. The van der Waals surface area contributed by atoms with E-state index in [-0.39, 0.29) is 12.1 Å². The van der Waals surface area contributed by atoms with Crippen LogP contribution in [-0.4, -0.2) is 12.1 Å². The molecule has 71 valence electrons. The third kappa shape index (κ3) is 2.61. The summed E-state index contributed by atoms with van der Waals surface area (Å²) >= 11 is 0. The monoisotopic (exact) mass is 187 g/mol. The van der Waals surface area contributed by atoms with Crippen LogP contribution in [0.2, 0.25) is 0 Å². The predicted molar refractivity (Wildman–Crippen MR) is 53.8 cm³/mol. The van der Waals surface area contributed by atoms with E-state index >= 15 is 0 Å². The van der Waals surface area contributed by atoms with E-state index in [2.05, 4.69) is 11.2 Å². The van der Waals surface area contributed by atoms with E-state index in [1.807, 2.05) is 0 Å². The first-order valence-electron chi connectivity index (χ1n) is 4.22. The van der Waals surface area contributed by atoms with E-state index in [1.54, 1.807) is 31.2 Å². The molecule has 1 aromatic carbocycles. The van der Waals surface area contributed by atoms with Gasteiger partial charge in [0.2, 0.25) is 0 Å². The Balaban J connectivity index is 2.78. The lowest BCUT2D eigenvalue weighted by Gasteiger charge is -2.07. The zero-order valence-electron chi connectivity index (χ0n) is 7.87. The number of nitrogens with two attached hydrogens (primary N) is 1. The van der Waals surface area contributed by atoms with Crippen LogP contribution in [0.5, 0.6) is 0 Å². The van der Waals surface area contributed by atoms with E-state index in [1.165, 1.54) is 0 Å². The lowest BCUT2D eigenvalue weighted by atomic mass is 10.1. The van der Waals surface area contributed by atoms with E-state index in [0.29, 0.717) is 11.1 Å². The molecule has 1 rings (SSSR count). The molecule has 0 saturated carbocycles. The van der Waals surface area contributed by atoms with E-state index in [9.17, 15) is 4.79 Å². The Hall–Kier alpha value is -1.79. The highest BCUT2D eigenvalue weighted by molar-refractivity contribution is 5.94. The summed E-state index contributed by atoms with van der Waals surface area (Å²) in [5, 5.41) is 2.57. The molecule has 0 aliphatic heterocycles. The third-order valence-electron chi connectivity index (χ3n) is 1.65. The van der Waals surface area contributed by atoms with Crippen molar-refractivity contribution in [2.75, 3.05) is 0 Å². The molecule has 14 heavy (non-hydrogen) atoms. The van der Waals surface area contributed by atoms with E-state index < -0.39 is 0 Å². The average molecular weight is 187 g/mol. The van der Waals surface area contributed by atoms with Crippen LogP contribution in [0.3, 0.4) is 0 Å². The molecule has 0 fully saturated rings. The van der Waals surface area contributed by atoms with Gasteiger partial charge in [0.15, 0.2) is 0 Å². The normalized spacial score (nSPS) is 11.5. The van der Waals surface area contributed by atoms with Crippen molar-refractivity contribution in [2.45, 2.75) is 13.1 Å². The molecule has 3 heteroatoms. The summed E-state index contributed by atoms with van der Waals surface area (Å²) in [6, 6.07) is 6.58. The van der Waals surface area contributed by atoms with Crippen molar-refractivity contribution < 1.29 is 4.79 Å². The van der Waals surface area contributed by atoms with Crippen LogP contribution >= 0.6 is 0 Å². The summed E-state index contributed by atoms with van der Waals surface area (Å²) in [7, 11) is 0. The molecule has 1 unspecified atom stereocenters. The van der Waals surface area contributed by atoms with Crippen LogP contribution in [-0.2, 0) is 0 Å². The molecule has 3 nitrogen and oxygen atoms in total. The van der Waals surface area contributed by atoms with Gasteiger partial charge in [-0.15, -0.1) is 0 Å². The molecule has 0 aromatic heterocycles. The second kappa shape index (κ2) is 4.45. The molecule has 1 amide bonds. The van der Waals surface area contributed by atoms with Gasteiger partial charge in [-0.1, -0.05) is 5.92 Å². The third-order valence-corrected chi connectivity index (χ3v) is 1.65. The number of hydrogen-bond donors (Lipinski definition) is 2. The van der Waals surface area contributed by atoms with Gasteiger partial charge in [0.1, 0.15) is 0 Å². The highest BCUT2D eigenvalue weighted by atomic mass is 16.1. The fourth-order valence-electron chi connectivity index (χ4n) is 0.995. The van der Waals surface area contributed by atoms with Gasteiger partial charge in [-0.3, -0.25) is 4.79 Å². The van der Waals surface area contributed by atoms with Gasteiger partial charge in [-0.2, -0.15) is 0 Å².